The summed E-state index contributed by atoms with van der Waals surface area (Å²) in [5.74, 6) is -2.26. The van der Waals surface area contributed by atoms with Gasteiger partial charge in [0.15, 0.2) is 11.6 Å². The number of rotatable bonds is 3. The number of benzene rings is 1. The molecular formula is C13H11F3N2. The van der Waals surface area contributed by atoms with E-state index in [0.717, 1.165) is 18.3 Å². The molecule has 94 valence electrons. The van der Waals surface area contributed by atoms with Crippen molar-refractivity contribution in [3.8, 4) is 0 Å². The van der Waals surface area contributed by atoms with Gasteiger partial charge < -0.3 is 5.32 Å². The molecule has 2 aromatic rings. The lowest BCUT2D eigenvalue weighted by molar-refractivity contribution is 0.506. The molecule has 1 atom stereocenters. The van der Waals surface area contributed by atoms with E-state index in [1.807, 2.05) is 0 Å². The third kappa shape index (κ3) is 2.80. The zero-order valence-electron chi connectivity index (χ0n) is 9.62. The first kappa shape index (κ1) is 12.4. The molecule has 0 aliphatic carbocycles. The minimum atomic E-state index is -0.904. The molecule has 0 bridgehead atoms. The van der Waals surface area contributed by atoms with E-state index >= 15 is 0 Å². The highest BCUT2D eigenvalue weighted by atomic mass is 19.2. The molecule has 0 fully saturated rings. The number of pyridine rings is 1. The van der Waals surface area contributed by atoms with Crippen LogP contribution in [-0.2, 0) is 0 Å². The average Bonchev–Trinajstić information content (AvgIpc) is 2.32. The Bertz CT molecular complexity index is 558. The van der Waals surface area contributed by atoms with Crippen molar-refractivity contribution < 1.29 is 13.2 Å². The predicted octanol–water partition coefficient (Wildman–Crippen LogP) is 3.67. The van der Waals surface area contributed by atoms with E-state index in [1.54, 1.807) is 6.92 Å². The van der Waals surface area contributed by atoms with E-state index in [1.165, 1.54) is 18.3 Å². The summed E-state index contributed by atoms with van der Waals surface area (Å²) in [7, 11) is 0. The Hall–Kier alpha value is -2.04. The SMILES string of the molecule is CC(Nc1cncc(F)c1)c1ccc(F)c(F)c1. The van der Waals surface area contributed by atoms with Gasteiger partial charge in [0, 0.05) is 12.1 Å². The maximum atomic E-state index is 13.1. The molecule has 0 saturated carbocycles. The van der Waals surface area contributed by atoms with Gasteiger partial charge in [-0.2, -0.15) is 0 Å². The minimum absolute atomic E-state index is 0.288. The molecule has 0 radical (unpaired) electrons. The zero-order valence-corrected chi connectivity index (χ0v) is 9.62. The van der Waals surface area contributed by atoms with Crippen LogP contribution in [0.25, 0.3) is 0 Å². The normalized spacial score (nSPS) is 12.2. The fraction of sp³-hybridized carbons (Fsp3) is 0.154. The molecule has 1 N–H and O–H groups in total. The molecule has 1 heterocycles. The van der Waals surface area contributed by atoms with Gasteiger partial charge in [0.2, 0.25) is 0 Å². The number of halogens is 3. The molecule has 0 saturated heterocycles. The number of hydrogen-bond donors (Lipinski definition) is 1. The van der Waals surface area contributed by atoms with Crippen LogP contribution in [0.4, 0.5) is 18.9 Å². The third-order valence-corrected chi connectivity index (χ3v) is 2.53. The zero-order chi connectivity index (χ0) is 13.1. The topological polar surface area (TPSA) is 24.9 Å². The Kier molecular flexibility index (Phi) is 3.50. The quantitative estimate of drug-likeness (QED) is 0.901. The molecule has 1 unspecified atom stereocenters. The largest absolute Gasteiger partial charge is 0.377 e. The highest BCUT2D eigenvalue weighted by Crippen LogP contribution is 2.20. The van der Waals surface area contributed by atoms with Crippen molar-refractivity contribution in [3.05, 3.63) is 59.7 Å². The molecule has 2 rings (SSSR count). The van der Waals surface area contributed by atoms with Gasteiger partial charge in [0.25, 0.3) is 0 Å². The molecule has 0 amide bonds. The predicted molar refractivity (Wildman–Crippen MR) is 62.6 cm³/mol. The van der Waals surface area contributed by atoms with Gasteiger partial charge in [-0.1, -0.05) is 6.07 Å². The van der Waals surface area contributed by atoms with Crippen LogP contribution < -0.4 is 5.32 Å². The lowest BCUT2D eigenvalue weighted by atomic mass is 10.1. The fourth-order valence-corrected chi connectivity index (χ4v) is 1.61. The van der Waals surface area contributed by atoms with Crippen molar-refractivity contribution >= 4 is 5.69 Å². The molecule has 18 heavy (non-hydrogen) atoms. The minimum Gasteiger partial charge on any atom is -0.377 e. The van der Waals surface area contributed by atoms with Gasteiger partial charge in [0.05, 0.1) is 18.1 Å². The lowest BCUT2D eigenvalue weighted by Gasteiger charge is -2.15. The molecule has 0 aliphatic heterocycles. The average molecular weight is 252 g/mol. The summed E-state index contributed by atoms with van der Waals surface area (Å²) < 4.78 is 38.8. The van der Waals surface area contributed by atoms with E-state index in [4.69, 9.17) is 0 Å². The van der Waals surface area contributed by atoms with E-state index in [2.05, 4.69) is 10.3 Å². The van der Waals surface area contributed by atoms with Gasteiger partial charge in [0.1, 0.15) is 5.82 Å². The van der Waals surface area contributed by atoms with Gasteiger partial charge in [-0.05, 0) is 24.6 Å². The van der Waals surface area contributed by atoms with Crippen LogP contribution in [0.2, 0.25) is 0 Å². The second-order valence-electron chi connectivity index (χ2n) is 3.93. The maximum absolute atomic E-state index is 13.1. The fourth-order valence-electron chi connectivity index (χ4n) is 1.61. The van der Waals surface area contributed by atoms with Gasteiger partial charge >= 0.3 is 0 Å². The second kappa shape index (κ2) is 5.08. The van der Waals surface area contributed by atoms with E-state index in [0.29, 0.717) is 11.3 Å². The number of anilines is 1. The summed E-state index contributed by atoms with van der Waals surface area (Å²) in [6, 6.07) is 4.64. The first-order valence-electron chi connectivity index (χ1n) is 5.38. The summed E-state index contributed by atoms with van der Waals surface area (Å²) in [4.78, 5) is 3.69. The van der Waals surface area contributed by atoms with Crippen LogP contribution in [0.3, 0.4) is 0 Å². The van der Waals surface area contributed by atoms with Crippen molar-refractivity contribution in [3.63, 3.8) is 0 Å². The highest BCUT2D eigenvalue weighted by Gasteiger charge is 2.09. The molecule has 5 heteroatoms. The van der Waals surface area contributed by atoms with Crippen LogP contribution in [0.1, 0.15) is 18.5 Å². The first-order chi connectivity index (χ1) is 8.56. The van der Waals surface area contributed by atoms with E-state index in [9.17, 15) is 13.2 Å². The summed E-state index contributed by atoms with van der Waals surface area (Å²) in [6.45, 7) is 1.76. The Morgan fingerprint density at radius 2 is 1.83 bits per heavy atom. The second-order valence-corrected chi connectivity index (χ2v) is 3.93. The third-order valence-electron chi connectivity index (χ3n) is 2.53. The molecule has 1 aromatic heterocycles. The van der Waals surface area contributed by atoms with Crippen molar-refractivity contribution in [1.29, 1.82) is 0 Å². The van der Waals surface area contributed by atoms with Crippen LogP contribution >= 0.6 is 0 Å². The number of hydrogen-bond acceptors (Lipinski definition) is 2. The number of aromatic nitrogens is 1. The van der Waals surface area contributed by atoms with Crippen molar-refractivity contribution in [2.45, 2.75) is 13.0 Å². The van der Waals surface area contributed by atoms with Crippen LogP contribution in [0.15, 0.2) is 36.7 Å². The molecule has 2 nitrogen and oxygen atoms in total. The lowest BCUT2D eigenvalue weighted by Crippen LogP contribution is -2.07. The number of nitrogens with zero attached hydrogens (tertiary/aromatic N) is 1. The van der Waals surface area contributed by atoms with E-state index in [-0.39, 0.29) is 6.04 Å². The Balaban J connectivity index is 2.16. The molecule has 1 aromatic carbocycles. The Morgan fingerprint density at radius 3 is 2.50 bits per heavy atom. The van der Waals surface area contributed by atoms with Crippen molar-refractivity contribution in [2.24, 2.45) is 0 Å². The van der Waals surface area contributed by atoms with Gasteiger partial charge in [-0.3, -0.25) is 4.98 Å². The maximum Gasteiger partial charge on any atom is 0.159 e. The Labute approximate surface area is 102 Å². The highest BCUT2D eigenvalue weighted by molar-refractivity contribution is 5.43. The van der Waals surface area contributed by atoms with Gasteiger partial charge in [-0.15, -0.1) is 0 Å². The molecular weight excluding hydrogens is 241 g/mol. The van der Waals surface area contributed by atoms with Crippen LogP contribution in [0, 0.1) is 17.5 Å². The first-order valence-corrected chi connectivity index (χ1v) is 5.38. The number of nitrogens with one attached hydrogen (secondary N) is 1. The van der Waals surface area contributed by atoms with Crippen LogP contribution in [0.5, 0.6) is 0 Å². The van der Waals surface area contributed by atoms with Crippen LogP contribution in [-0.4, -0.2) is 4.98 Å². The molecule has 0 spiro atoms. The standard InChI is InChI=1S/C13H11F3N2/c1-8(9-2-3-12(15)13(16)4-9)18-11-5-10(14)6-17-7-11/h2-8,18H,1H3. The van der Waals surface area contributed by atoms with Crippen molar-refractivity contribution in [2.75, 3.05) is 5.32 Å². The van der Waals surface area contributed by atoms with Crippen molar-refractivity contribution in [1.82, 2.24) is 4.98 Å². The summed E-state index contributed by atoms with van der Waals surface area (Å²) in [6.07, 6.45) is 2.55. The van der Waals surface area contributed by atoms with Gasteiger partial charge in [-0.25, -0.2) is 13.2 Å². The summed E-state index contributed by atoms with van der Waals surface area (Å²) >= 11 is 0. The monoisotopic (exact) mass is 252 g/mol. The van der Waals surface area contributed by atoms with E-state index < -0.39 is 17.5 Å². The summed E-state index contributed by atoms with van der Waals surface area (Å²) in [5, 5.41) is 2.95. The molecule has 0 aliphatic rings. The smallest absolute Gasteiger partial charge is 0.159 e. The summed E-state index contributed by atoms with van der Waals surface area (Å²) in [5.41, 5.74) is 1.05. The Morgan fingerprint density at radius 1 is 1.06 bits per heavy atom.